The van der Waals surface area contributed by atoms with Crippen LogP contribution < -0.4 is 14.8 Å². The molecular formula is C17H20ClNO2. The molecule has 4 heteroatoms. The van der Waals surface area contributed by atoms with Gasteiger partial charge in [-0.2, -0.15) is 0 Å². The zero-order chi connectivity index (χ0) is 15.1. The van der Waals surface area contributed by atoms with Crippen molar-refractivity contribution in [1.82, 2.24) is 0 Å². The molecule has 0 aliphatic rings. The fourth-order valence-electron chi connectivity index (χ4n) is 1.97. The van der Waals surface area contributed by atoms with Crippen molar-refractivity contribution in [3.8, 4) is 11.5 Å². The Morgan fingerprint density at radius 3 is 2.62 bits per heavy atom. The van der Waals surface area contributed by atoms with Gasteiger partial charge in [0.25, 0.3) is 0 Å². The molecule has 21 heavy (non-hydrogen) atoms. The summed E-state index contributed by atoms with van der Waals surface area (Å²) in [6, 6.07) is 13.7. The highest BCUT2D eigenvalue weighted by Crippen LogP contribution is 2.30. The Labute approximate surface area is 130 Å². The Morgan fingerprint density at radius 2 is 1.90 bits per heavy atom. The Balaban J connectivity index is 1.79. The third-order valence-corrected chi connectivity index (χ3v) is 3.54. The minimum atomic E-state index is 0.673. The number of ether oxygens (including phenoxy) is 2. The molecule has 0 bridgehead atoms. The number of para-hydroxylation sites is 1. The van der Waals surface area contributed by atoms with Gasteiger partial charge in [-0.1, -0.05) is 29.8 Å². The molecule has 2 aromatic carbocycles. The highest BCUT2D eigenvalue weighted by Gasteiger charge is 2.06. The van der Waals surface area contributed by atoms with Gasteiger partial charge in [0, 0.05) is 17.6 Å². The van der Waals surface area contributed by atoms with Crippen LogP contribution in [-0.2, 0) is 0 Å². The molecule has 0 saturated heterocycles. The molecule has 0 radical (unpaired) electrons. The smallest absolute Gasteiger partial charge is 0.143 e. The Morgan fingerprint density at radius 1 is 1.14 bits per heavy atom. The maximum Gasteiger partial charge on any atom is 0.143 e. The average molecular weight is 306 g/mol. The fourth-order valence-corrected chi connectivity index (χ4v) is 2.13. The van der Waals surface area contributed by atoms with E-state index in [1.54, 1.807) is 7.11 Å². The van der Waals surface area contributed by atoms with Crippen molar-refractivity contribution in [2.24, 2.45) is 0 Å². The van der Waals surface area contributed by atoms with Crippen molar-refractivity contribution >= 4 is 17.3 Å². The maximum atomic E-state index is 6.09. The van der Waals surface area contributed by atoms with Gasteiger partial charge in [0.05, 0.1) is 19.4 Å². The highest BCUT2D eigenvalue weighted by atomic mass is 35.5. The van der Waals surface area contributed by atoms with E-state index in [2.05, 4.69) is 5.32 Å². The molecule has 0 atom stereocenters. The fraction of sp³-hybridized carbons (Fsp3) is 0.294. The predicted molar refractivity (Wildman–Crippen MR) is 87.8 cm³/mol. The number of rotatable bonds is 7. The van der Waals surface area contributed by atoms with Gasteiger partial charge < -0.3 is 14.8 Å². The maximum absolute atomic E-state index is 6.09. The van der Waals surface area contributed by atoms with Gasteiger partial charge in [-0.25, -0.2) is 0 Å². The van der Waals surface area contributed by atoms with Crippen LogP contribution in [0.2, 0.25) is 5.02 Å². The standard InChI is InChI=1S/C17H20ClNO2/c1-13-11-16(17(20-2)12-15(13)18)19-9-6-10-21-14-7-4-3-5-8-14/h3-5,7-8,11-12,19H,6,9-10H2,1-2H3. The number of halogens is 1. The number of aryl methyl sites for hydroxylation is 1. The van der Waals surface area contributed by atoms with Crippen molar-refractivity contribution < 1.29 is 9.47 Å². The van der Waals surface area contributed by atoms with Crippen molar-refractivity contribution in [2.45, 2.75) is 13.3 Å². The third kappa shape index (κ3) is 4.57. The summed E-state index contributed by atoms with van der Waals surface area (Å²) in [6.45, 7) is 3.46. The number of benzene rings is 2. The van der Waals surface area contributed by atoms with Crippen LogP contribution in [0.15, 0.2) is 42.5 Å². The molecule has 2 aromatic rings. The first-order valence-corrected chi connectivity index (χ1v) is 7.34. The van der Waals surface area contributed by atoms with Crippen molar-refractivity contribution in [3.05, 3.63) is 53.1 Å². The van der Waals surface area contributed by atoms with Crippen LogP contribution >= 0.6 is 11.6 Å². The molecule has 2 rings (SSSR count). The zero-order valence-electron chi connectivity index (χ0n) is 12.4. The quantitative estimate of drug-likeness (QED) is 0.762. The molecule has 0 amide bonds. The molecular weight excluding hydrogens is 286 g/mol. The van der Waals surface area contributed by atoms with Gasteiger partial charge in [0.1, 0.15) is 11.5 Å². The van der Waals surface area contributed by atoms with Gasteiger partial charge in [-0.05, 0) is 37.1 Å². The summed E-state index contributed by atoms with van der Waals surface area (Å²) in [7, 11) is 1.64. The number of methoxy groups -OCH3 is 1. The molecule has 0 aliphatic carbocycles. The highest BCUT2D eigenvalue weighted by molar-refractivity contribution is 6.31. The Hall–Kier alpha value is -1.87. The van der Waals surface area contributed by atoms with E-state index in [1.807, 2.05) is 49.4 Å². The molecule has 112 valence electrons. The van der Waals surface area contributed by atoms with Gasteiger partial charge in [0.2, 0.25) is 0 Å². The molecule has 3 nitrogen and oxygen atoms in total. The second kappa shape index (κ2) is 7.79. The molecule has 0 unspecified atom stereocenters. The van der Waals surface area contributed by atoms with Crippen molar-refractivity contribution in [3.63, 3.8) is 0 Å². The molecule has 0 spiro atoms. The third-order valence-electron chi connectivity index (χ3n) is 3.13. The minimum Gasteiger partial charge on any atom is -0.495 e. The lowest BCUT2D eigenvalue weighted by Crippen LogP contribution is -2.08. The van der Waals surface area contributed by atoms with Crippen LogP contribution in [0.4, 0.5) is 5.69 Å². The van der Waals surface area contributed by atoms with Crippen molar-refractivity contribution in [2.75, 3.05) is 25.6 Å². The lowest BCUT2D eigenvalue weighted by atomic mass is 10.2. The van der Waals surface area contributed by atoms with E-state index < -0.39 is 0 Å². The van der Waals surface area contributed by atoms with Crippen molar-refractivity contribution in [1.29, 1.82) is 0 Å². The lowest BCUT2D eigenvalue weighted by Gasteiger charge is -2.13. The Bertz CT molecular complexity index is 573. The van der Waals surface area contributed by atoms with E-state index in [0.29, 0.717) is 11.6 Å². The van der Waals surface area contributed by atoms with Crippen LogP contribution in [0.1, 0.15) is 12.0 Å². The molecule has 0 heterocycles. The number of hydrogen-bond donors (Lipinski definition) is 1. The van der Waals surface area contributed by atoms with E-state index in [1.165, 1.54) is 0 Å². The number of hydrogen-bond acceptors (Lipinski definition) is 3. The molecule has 0 aromatic heterocycles. The van der Waals surface area contributed by atoms with Crippen LogP contribution in [0.25, 0.3) is 0 Å². The van der Waals surface area contributed by atoms with Gasteiger partial charge in [-0.15, -0.1) is 0 Å². The second-order valence-corrected chi connectivity index (χ2v) is 5.15. The number of anilines is 1. The minimum absolute atomic E-state index is 0.673. The first kappa shape index (κ1) is 15.5. The summed E-state index contributed by atoms with van der Waals surface area (Å²) in [5, 5.41) is 4.07. The van der Waals surface area contributed by atoms with Crippen LogP contribution in [0, 0.1) is 6.92 Å². The summed E-state index contributed by atoms with van der Waals surface area (Å²) in [5.41, 5.74) is 1.99. The van der Waals surface area contributed by atoms with Crippen LogP contribution in [-0.4, -0.2) is 20.3 Å². The zero-order valence-corrected chi connectivity index (χ0v) is 13.1. The summed E-state index contributed by atoms with van der Waals surface area (Å²) in [5.74, 6) is 1.66. The molecule has 0 fully saturated rings. The van der Waals surface area contributed by atoms with Gasteiger partial charge in [0.15, 0.2) is 0 Å². The Kier molecular flexibility index (Phi) is 5.76. The largest absolute Gasteiger partial charge is 0.495 e. The van der Waals surface area contributed by atoms with Gasteiger partial charge in [-0.3, -0.25) is 0 Å². The molecule has 0 saturated carbocycles. The lowest BCUT2D eigenvalue weighted by molar-refractivity contribution is 0.315. The first-order chi connectivity index (χ1) is 10.2. The molecule has 1 N–H and O–H groups in total. The normalized spacial score (nSPS) is 10.2. The second-order valence-electron chi connectivity index (χ2n) is 4.74. The monoisotopic (exact) mass is 305 g/mol. The van der Waals surface area contributed by atoms with Crippen LogP contribution in [0.5, 0.6) is 11.5 Å². The SMILES string of the molecule is COc1cc(Cl)c(C)cc1NCCCOc1ccccc1. The van der Waals surface area contributed by atoms with E-state index in [-0.39, 0.29) is 0 Å². The predicted octanol–water partition coefficient (Wildman–Crippen LogP) is 4.54. The summed E-state index contributed by atoms with van der Waals surface area (Å²) >= 11 is 6.09. The summed E-state index contributed by atoms with van der Waals surface area (Å²) < 4.78 is 11.0. The summed E-state index contributed by atoms with van der Waals surface area (Å²) in [6.07, 6.45) is 0.903. The number of nitrogens with one attached hydrogen (secondary N) is 1. The van der Waals surface area contributed by atoms with E-state index >= 15 is 0 Å². The average Bonchev–Trinajstić information content (AvgIpc) is 2.51. The van der Waals surface area contributed by atoms with Gasteiger partial charge >= 0.3 is 0 Å². The van der Waals surface area contributed by atoms with Crippen LogP contribution in [0.3, 0.4) is 0 Å². The summed E-state index contributed by atoms with van der Waals surface area (Å²) in [4.78, 5) is 0. The molecule has 0 aliphatic heterocycles. The van der Waals surface area contributed by atoms with E-state index in [9.17, 15) is 0 Å². The van der Waals surface area contributed by atoms with E-state index in [4.69, 9.17) is 21.1 Å². The first-order valence-electron chi connectivity index (χ1n) is 6.96. The topological polar surface area (TPSA) is 30.5 Å². The van der Waals surface area contributed by atoms with E-state index in [0.717, 1.165) is 35.7 Å².